The van der Waals surface area contributed by atoms with E-state index in [-0.39, 0.29) is 6.04 Å². The van der Waals surface area contributed by atoms with Crippen molar-refractivity contribution in [1.82, 2.24) is 4.90 Å². The fraction of sp³-hybridized carbons (Fsp3) is 0.625. The number of hydrogen-bond acceptors (Lipinski definition) is 3. The highest BCUT2D eigenvalue weighted by molar-refractivity contribution is 5.18. The average molecular weight is 262 g/mol. The maximum absolute atomic E-state index is 6.22. The summed E-state index contributed by atoms with van der Waals surface area (Å²) in [5.74, 6) is 0. The quantitative estimate of drug-likeness (QED) is 0.856. The number of nitrogens with two attached hydrogens (primary N) is 1. The van der Waals surface area contributed by atoms with Crippen LogP contribution in [0.4, 0.5) is 0 Å². The molecule has 1 saturated heterocycles. The molecule has 0 spiro atoms. The van der Waals surface area contributed by atoms with E-state index in [0.29, 0.717) is 6.04 Å². The van der Waals surface area contributed by atoms with Gasteiger partial charge in [0.2, 0.25) is 0 Å². The third-order valence-electron chi connectivity index (χ3n) is 4.07. The van der Waals surface area contributed by atoms with Crippen molar-refractivity contribution >= 4 is 0 Å². The van der Waals surface area contributed by atoms with E-state index in [1.54, 1.807) is 0 Å². The van der Waals surface area contributed by atoms with Crippen LogP contribution in [-0.2, 0) is 4.74 Å². The Morgan fingerprint density at radius 3 is 2.63 bits per heavy atom. The fourth-order valence-corrected chi connectivity index (χ4v) is 2.74. The Morgan fingerprint density at radius 1 is 1.26 bits per heavy atom. The molecule has 1 aromatic carbocycles. The van der Waals surface area contributed by atoms with Crippen LogP contribution in [0.25, 0.3) is 0 Å². The van der Waals surface area contributed by atoms with Crippen LogP contribution in [0.15, 0.2) is 30.3 Å². The second-order valence-electron chi connectivity index (χ2n) is 5.48. The smallest absolute Gasteiger partial charge is 0.0480 e. The lowest BCUT2D eigenvalue weighted by atomic mass is 10.0. The van der Waals surface area contributed by atoms with Crippen LogP contribution >= 0.6 is 0 Å². The van der Waals surface area contributed by atoms with E-state index in [1.165, 1.54) is 18.4 Å². The SMILES string of the molecule is CN(CCCC(N)c1ccccc1)C1CCOCC1. The molecule has 1 aliphatic heterocycles. The molecule has 0 saturated carbocycles. The van der Waals surface area contributed by atoms with Crippen molar-refractivity contribution in [2.45, 2.75) is 37.8 Å². The van der Waals surface area contributed by atoms with E-state index >= 15 is 0 Å². The van der Waals surface area contributed by atoms with Gasteiger partial charge in [0.1, 0.15) is 0 Å². The molecule has 0 amide bonds. The van der Waals surface area contributed by atoms with Gasteiger partial charge in [-0.1, -0.05) is 30.3 Å². The zero-order valence-corrected chi connectivity index (χ0v) is 11.9. The highest BCUT2D eigenvalue weighted by atomic mass is 16.5. The van der Waals surface area contributed by atoms with Crippen molar-refractivity contribution in [1.29, 1.82) is 0 Å². The average Bonchev–Trinajstić information content (AvgIpc) is 2.49. The van der Waals surface area contributed by atoms with Crippen molar-refractivity contribution in [3.8, 4) is 0 Å². The van der Waals surface area contributed by atoms with Crippen LogP contribution in [0, 0.1) is 0 Å². The minimum atomic E-state index is 0.171. The summed E-state index contributed by atoms with van der Waals surface area (Å²) in [6.45, 7) is 2.96. The largest absolute Gasteiger partial charge is 0.381 e. The number of rotatable bonds is 6. The molecular formula is C16H26N2O. The predicted octanol–water partition coefficient (Wildman–Crippen LogP) is 2.58. The molecule has 106 valence electrons. The lowest BCUT2D eigenvalue weighted by molar-refractivity contribution is 0.0425. The van der Waals surface area contributed by atoms with Crippen molar-refractivity contribution in [2.24, 2.45) is 5.73 Å². The molecule has 2 N–H and O–H groups in total. The van der Waals surface area contributed by atoms with E-state index in [9.17, 15) is 0 Å². The predicted molar refractivity (Wildman–Crippen MR) is 79.1 cm³/mol. The number of ether oxygens (including phenoxy) is 1. The van der Waals surface area contributed by atoms with Gasteiger partial charge in [-0.2, -0.15) is 0 Å². The third kappa shape index (κ3) is 4.60. The first-order chi connectivity index (χ1) is 9.27. The molecule has 0 radical (unpaired) electrons. The Morgan fingerprint density at radius 2 is 1.95 bits per heavy atom. The van der Waals surface area contributed by atoms with Crippen LogP contribution in [0.5, 0.6) is 0 Å². The van der Waals surface area contributed by atoms with E-state index in [0.717, 1.165) is 32.6 Å². The number of benzene rings is 1. The topological polar surface area (TPSA) is 38.5 Å². The van der Waals surface area contributed by atoms with Gasteiger partial charge in [-0.15, -0.1) is 0 Å². The Labute approximate surface area is 116 Å². The molecule has 1 unspecified atom stereocenters. The van der Waals surface area contributed by atoms with Crippen LogP contribution in [0.2, 0.25) is 0 Å². The summed E-state index contributed by atoms with van der Waals surface area (Å²) in [6.07, 6.45) is 4.55. The molecule has 1 aliphatic rings. The second-order valence-corrected chi connectivity index (χ2v) is 5.48. The van der Waals surface area contributed by atoms with Crippen molar-refractivity contribution in [2.75, 3.05) is 26.8 Å². The van der Waals surface area contributed by atoms with E-state index in [1.807, 2.05) is 6.07 Å². The summed E-state index contributed by atoms with van der Waals surface area (Å²) in [5, 5.41) is 0. The molecular weight excluding hydrogens is 236 g/mol. The first-order valence-corrected chi connectivity index (χ1v) is 7.36. The van der Waals surface area contributed by atoms with Gasteiger partial charge in [-0.25, -0.2) is 0 Å². The van der Waals surface area contributed by atoms with Gasteiger partial charge >= 0.3 is 0 Å². The molecule has 1 aromatic rings. The maximum atomic E-state index is 6.22. The van der Waals surface area contributed by atoms with E-state index in [4.69, 9.17) is 10.5 Å². The molecule has 3 nitrogen and oxygen atoms in total. The minimum absolute atomic E-state index is 0.171. The van der Waals surface area contributed by atoms with Crippen molar-refractivity contribution in [3.05, 3.63) is 35.9 Å². The lowest BCUT2D eigenvalue weighted by Crippen LogP contribution is -2.37. The van der Waals surface area contributed by atoms with E-state index < -0.39 is 0 Å². The Bertz CT molecular complexity index is 349. The minimum Gasteiger partial charge on any atom is -0.381 e. The molecule has 0 aromatic heterocycles. The Balaban J connectivity index is 1.68. The number of hydrogen-bond donors (Lipinski definition) is 1. The normalized spacial score (nSPS) is 18.7. The first kappa shape index (κ1) is 14.5. The van der Waals surface area contributed by atoms with Gasteiger partial charge in [0, 0.05) is 25.3 Å². The highest BCUT2D eigenvalue weighted by Crippen LogP contribution is 2.17. The van der Waals surface area contributed by atoms with Crippen LogP contribution in [0.1, 0.15) is 37.3 Å². The second kappa shape index (κ2) is 7.63. The Kier molecular flexibility index (Phi) is 5.83. The van der Waals surface area contributed by atoms with Gasteiger partial charge in [-0.3, -0.25) is 0 Å². The standard InChI is InChI=1S/C16H26N2O/c1-18(15-9-12-19-13-10-15)11-5-8-16(17)14-6-3-2-4-7-14/h2-4,6-7,15-16H,5,8-13,17H2,1H3. The van der Waals surface area contributed by atoms with Crippen LogP contribution in [0.3, 0.4) is 0 Å². The third-order valence-corrected chi connectivity index (χ3v) is 4.07. The summed E-state index contributed by atoms with van der Waals surface area (Å²) in [7, 11) is 2.23. The van der Waals surface area contributed by atoms with Gasteiger partial charge in [0.25, 0.3) is 0 Å². The zero-order valence-electron chi connectivity index (χ0n) is 11.9. The summed E-state index contributed by atoms with van der Waals surface area (Å²) < 4.78 is 5.40. The molecule has 1 atom stereocenters. The number of nitrogens with zero attached hydrogens (tertiary/aromatic N) is 1. The highest BCUT2D eigenvalue weighted by Gasteiger charge is 2.18. The summed E-state index contributed by atoms with van der Waals surface area (Å²) >= 11 is 0. The van der Waals surface area contributed by atoms with Gasteiger partial charge in [0.05, 0.1) is 0 Å². The fourth-order valence-electron chi connectivity index (χ4n) is 2.74. The molecule has 1 heterocycles. The van der Waals surface area contributed by atoms with Crippen molar-refractivity contribution < 1.29 is 4.74 Å². The summed E-state index contributed by atoms with van der Waals surface area (Å²) in [6, 6.07) is 11.3. The molecule has 2 rings (SSSR count). The molecule has 1 fully saturated rings. The van der Waals surface area contributed by atoms with Gasteiger partial charge in [0.15, 0.2) is 0 Å². The first-order valence-electron chi connectivity index (χ1n) is 7.36. The molecule has 0 bridgehead atoms. The van der Waals surface area contributed by atoms with Crippen molar-refractivity contribution in [3.63, 3.8) is 0 Å². The molecule has 19 heavy (non-hydrogen) atoms. The summed E-state index contributed by atoms with van der Waals surface area (Å²) in [5.41, 5.74) is 7.47. The lowest BCUT2D eigenvalue weighted by Gasteiger charge is -2.31. The zero-order chi connectivity index (χ0) is 13.5. The van der Waals surface area contributed by atoms with Crippen LogP contribution in [-0.4, -0.2) is 37.7 Å². The maximum Gasteiger partial charge on any atom is 0.0480 e. The molecule has 3 heteroatoms. The van der Waals surface area contributed by atoms with Gasteiger partial charge in [-0.05, 0) is 44.8 Å². The van der Waals surface area contributed by atoms with Gasteiger partial charge < -0.3 is 15.4 Å². The summed E-state index contributed by atoms with van der Waals surface area (Å²) in [4.78, 5) is 2.47. The van der Waals surface area contributed by atoms with E-state index in [2.05, 4.69) is 36.2 Å². The monoisotopic (exact) mass is 262 g/mol. The molecule has 0 aliphatic carbocycles. The Hall–Kier alpha value is -0.900. The van der Waals surface area contributed by atoms with Crippen LogP contribution < -0.4 is 5.73 Å².